The van der Waals surface area contributed by atoms with E-state index in [9.17, 15) is 9.18 Å². The Balaban J connectivity index is 1.61. The molecule has 2 aromatic rings. The Morgan fingerprint density at radius 3 is 2.40 bits per heavy atom. The maximum atomic E-state index is 13.0. The summed E-state index contributed by atoms with van der Waals surface area (Å²) in [5.74, 6) is 6.56. The van der Waals surface area contributed by atoms with Crippen LogP contribution in [0.4, 0.5) is 4.39 Å². The first-order chi connectivity index (χ1) is 12.1. The summed E-state index contributed by atoms with van der Waals surface area (Å²) in [6.07, 6.45) is 5.78. The van der Waals surface area contributed by atoms with E-state index in [1.165, 1.54) is 47.8 Å². The van der Waals surface area contributed by atoms with Gasteiger partial charge in [0, 0.05) is 18.7 Å². The zero-order chi connectivity index (χ0) is 17.6. The number of nitrogens with zero attached hydrogens (tertiary/aromatic N) is 4. The Bertz CT molecular complexity index is 710. The first-order valence-corrected chi connectivity index (χ1v) is 9.51. The topological polar surface area (TPSA) is 77.0 Å². The van der Waals surface area contributed by atoms with Crippen molar-refractivity contribution in [2.45, 2.75) is 37.3 Å². The van der Waals surface area contributed by atoms with Gasteiger partial charge in [0.05, 0.1) is 5.75 Å². The van der Waals surface area contributed by atoms with E-state index in [0.29, 0.717) is 22.3 Å². The van der Waals surface area contributed by atoms with Crippen molar-refractivity contribution in [2.75, 3.05) is 24.7 Å². The van der Waals surface area contributed by atoms with Crippen molar-refractivity contribution in [1.82, 2.24) is 19.8 Å². The van der Waals surface area contributed by atoms with Crippen LogP contribution in [0.2, 0.25) is 0 Å². The van der Waals surface area contributed by atoms with Gasteiger partial charge in [-0.25, -0.2) is 9.07 Å². The van der Waals surface area contributed by atoms with Crippen LogP contribution >= 0.6 is 11.8 Å². The highest BCUT2D eigenvalue weighted by atomic mass is 32.2. The van der Waals surface area contributed by atoms with Gasteiger partial charge in [0.25, 0.3) is 0 Å². The Kier molecular flexibility index (Phi) is 5.91. The number of likely N-dealkylation sites (tertiary alicyclic amines) is 1. The number of carbonyl (C=O) groups excluding carboxylic acids is 1. The third-order valence-electron chi connectivity index (χ3n) is 4.30. The van der Waals surface area contributed by atoms with Gasteiger partial charge >= 0.3 is 0 Å². The predicted molar refractivity (Wildman–Crippen MR) is 96.0 cm³/mol. The minimum absolute atomic E-state index is 0.109. The van der Waals surface area contributed by atoms with Gasteiger partial charge in [0.1, 0.15) is 5.82 Å². The summed E-state index contributed by atoms with van der Waals surface area (Å²) in [4.78, 5) is 14.4. The normalized spacial score (nSPS) is 15.6. The van der Waals surface area contributed by atoms with Gasteiger partial charge in [-0.15, -0.1) is 10.2 Å². The van der Waals surface area contributed by atoms with Crippen molar-refractivity contribution in [1.29, 1.82) is 0 Å². The van der Waals surface area contributed by atoms with Crippen LogP contribution in [0.15, 0.2) is 29.4 Å². The summed E-state index contributed by atoms with van der Waals surface area (Å²) < 4.78 is 14.4. The third kappa shape index (κ3) is 4.50. The number of hydrogen-bond acceptors (Lipinski definition) is 5. The lowest BCUT2D eigenvalue weighted by Crippen LogP contribution is -2.35. The van der Waals surface area contributed by atoms with Crippen LogP contribution in [0, 0.1) is 5.82 Å². The van der Waals surface area contributed by atoms with Gasteiger partial charge in [-0.3, -0.25) is 4.79 Å². The average molecular weight is 363 g/mol. The lowest BCUT2D eigenvalue weighted by atomic mass is 10.1. The maximum Gasteiger partial charge on any atom is 0.233 e. The molecule has 0 saturated carbocycles. The van der Waals surface area contributed by atoms with E-state index >= 15 is 0 Å². The molecule has 25 heavy (non-hydrogen) atoms. The molecule has 0 radical (unpaired) electrons. The highest BCUT2D eigenvalue weighted by molar-refractivity contribution is 7.99. The largest absolute Gasteiger partial charge is 0.342 e. The van der Waals surface area contributed by atoms with Gasteiger partial charge < -0.3 is 10.7 Å². The van der Waals surface area contributed by atoms with Crippen molar-refractivity contribution in [3.05, 3.63) is 30.1 Å². The lowest BCUT2D eigenvalue weighted by Gasteiger charge is -2.24. The number of carbonyl (C=O) groups is 1. The van der Waals surface area contributed by atoms with E-state index in [1.807, 2.05) is 4.90 Å². The maximum absolute atomic E-state index is 13.0. The number of halogens is 1. The monoisotopic (exact) mass is 363 g/mol. The van der Waals surface area contributed by atoms with E-state index in [4.69, 9.17) is 5.84 Å². The molecule has 2 heterocycles. The Morgan fingerprint density at radius 1 is 1.08 bits per heavy atom. The van der Waals surface area contributed by atoms with E-state index in [2.05, 4.69) is 10.2 Å². The Hall–Kier alpha value is -2.09. The van der Waals surface area contributed by atoms with Crippen LogP contribution in [0.5, 0.6) is 0 Å². The number of aromatic nitrogens is 3. The smallest absolute Gasteiger partial charge is 0.233 e. The SMILES string of the molecule is Nn1c(SCC(=O)N2CCCCCCC2)nnc1-c1ccc(F)cc1. The number of nitrogens with two attached hydrogens (primary N) is 1. The summed E-state index contributed by atoms with van der Waals surface area (Å²) in [6.45, 7) is 1.66. The number of benzene rings is 1. The van der Waals surface area contributed by atoms with Crippen molar-refractivity contribution in [3.8, 4) is 11.4 Å². The molecular formula is C17H22FN5OS. The molecule has 0 unspecified atom stereocenters. The quantitative estimate of drug-likeness (QED) is 0.667. The number of thioether (sulfide) groups is 1. The molecule has 1 fully saturated rings. The molecule has 8 heteroatoms. The van der Waals surface area contributed by atoms with E-state index in [-0.39, 0.29) is 11.7 Å². The second kappa shape index (κ2) is 8.33. The van der Waals surface area contributed by atoms with Gasteiger partial charge in [-0.05, 0) is 37.1 Å². The molecule has 1 aromatic heterocycles. The molecule has 0 aliphatic carbocycles. The van der Waals surface area contributed by atoms with Crippen LogP contribution in [-0.4, -0.2) is 44.5 Å². The standard InChI is InChI=1S/C17H22FN5OS/c18-14-8-6-13(7-9-14)16-20-21-17(23(16)19)25-12-15(24)22-10-4-2-1-3-5-11-22/h6-9H,1-5,10-12,19H2. The minimum Gasteiger partial charge on any atom is -0.342 e. The van der Waals surface area contributed by atoms with Crippen molar-refractivity contribution >= 4 is 17.7 Å². The van der Waals surface area contributed by atoms with Crippen molar-refractivity contribution in [2.24, 2.45) is 0 Å². The van der Waals surface area contributed by atoms with Crippen molar-refractivity contribution < 1.29 is 9.18 Å². The second-order valence-corrected chi connectivity index (χ2v) is 7.06. The fraction of sp³-hybridized carbons (Fsp3) is 0.471. The lowest BCUT2D eigenvalue weighted by molar-refractivity contribution is -0.128. The number of nitrogen functional groups attached to an aromatic ring is 1. The predicted octanol–water partition coefficient (Wildman–Crippen LogP) is 2.68. The Morgan fingerprint density at radius 2 is 1.72 bits per heavy atom. The van der Waals surface area contributed by atoms with Gasteiger partial charge in [0.2, 0.25) is 11.1 Å². The molecule has 2 N–H and O–H groups in total. The third-order valence-corrected chi connectivity index (χ3v) is 5.23. The van der Waals surface area contributed by atoms with E-state index < -0.39 is 0 Å². The highest BCUT2D eigenvalue weighted by Gasteiger charge is 2.18. The Labute approximate surface area is 150 Å². The zero-order valence-electron chi connectivity index (χ0n) is 14.0. The minimum atomic E-state index is -0.319. The van der Waals surface area contributed by atoms with Gasteiger partial charge in [-0.1, -0.05) is 31.0 Å². The van der Waals surface area contributed by atoms with Gasteiger partial charge in [0.15, 0.2) is 5.82 Å². The molecule has 0 bridgehead atoms. The molecule has 3 rings (SSSR count). The number of amides is 1. The summed E-state index contributed by atoms with van der Waals surface area (Å²) in [6, 6.07) is 5.90. The molecule has 0 atom stereocenters. The fourth-order valence-corrected chi connectivity index (χ4v) is 3.64. The summed E-state index contributed by atoms with van der Waals surface area (Å²) in [7, 11) is 0. The molecular weight excluding hydrogens is 341 g/mol. The van der Waals surface area contributed by atoms with Crippen LogP contribution < -0.4 is 5.84 Å². The van der Waals surface area contributed by atoms with Crippen LogP contribution in [0.3, 0.4) is 0 Å². The van der Waals surface area contributed by atoms with Gasteiger partial charge in [-0.2, -0.15) is 0 Å². The number of rotatable bonds is 4. The first-order valence-electron chi connectivity index (χ1n) is 8.52. The first kappa shape index (κ1) is 17.7. The van der Waals surface area contributed by atoms with Crippen LogP contribution in [-0.2, 0) is 4.79 Å². The molecule has 6 nitrogen and oxygen atoms in total. The molecule has 1 aromatic carbocycles. The molecule has 1 amide bonds. The summed E-state index contributed by atoms with van der Waals surface area (Å²) in [5.41, 5.74) is 0.679. The van der Waals surface area contributed by atoms with E-state index in [0.717, 1.165) is 25.9 Å². The second-order valence-electron chi connectivity index (χ2n) is 6.12. The summed E-state index contributed by atoms with van der Waals surface area (Å²) >= 11 is 1.28. The molecule has 134 valence electrons. The average Bonchev–Trinajstić information content (AvgIpc) is 2.94. The molecule has 1 aliphatic rings. The number of hydrogen-bond donors (Lipinski definition) is 1. The molecule has 0 spiro atoms. The zero-order valence-corrected chi connectivity index (χ0v) is 14.8. The summed E-state index contributed by atoms with van der Waals surface area (Å²) in [5, 5.41) is 8.58. The molecule has 1 aliphatic heterocycles. The van der Waals surface area contributed by atoms with Crippen LogP contribution in [0.25, 0.3) is 11.4 Å². The van der Waals surface area contributed by atoms with E-state index in [1.54, 1.807) is 12.1 Å². The van der Waals surface area contributed by atoms with Crippen LogP contribution in [0.1, 0.15) is 32.1 Å². The molecule has 1 saturated heterocycles. The fourth-order valence-electron chi connectivity index (χ4n) is 2.89. The highest BCUT2D eigenvalue weighted by Crippen LogP contribution is 2.22. The van der Waals surface area contributed by atoms with Crippen molar-refractivity contribution in [3.63, 3.8) is 0 Å².